The monoisotopic (exact) mass is 384 g/mol. The van der Waals surface area contributed by atoms with Gasteiger partial charge in [0.2, 0.25) is 0 Å². The molecule has 0 saturated carbocycles. The van der Waals surface area contributed by atoms with Crippen LogP contribution in [0.3, 0.4) is 0 Å². The van der Waals surface area contributed by atoms with Crippen molar-refractivity contribution in [2.75, 3.05) is 13.1 Å². The second-order valence-electron chi connectivity index (χ2n) is 6.60. The van der Waals surface area contributed by atoms with E-state index in [0.717, 1.165) is 18.1 Å². The van der Waals surface area contributed by atoms with Crippen molar-refractivity contribution in [2.24, 2.45) is 0 Å². The van der Waals surface area contributed by atoms with Crippen molar-refractivity contribution in [2.45, 2.75) is 26.0 Å². The van der Waals surface area contributed by atoms with Crippen molar-refractivity contribution in [3.63, 3.8) is 0 Å². The number of halogens is 1. The molecule has 146 valence electrons. The lowest BCUT2D eigenvalue weighted by Gasteiger charge is -2.30. The number of benzene rings is 2. The number of nitrogens with zero attached hydrogens (tertiary/aromatic N) is 1. The summed E-state index contributed by atoms with van der Waals surface area (Å²) in [7, 11) is 0. The Morgan fingerprint density at radius 1 is 1.14 bits per heavy atom. The summed E-state index contributed by atoms with van der Waals surface area (Å²) in [5.74, 6) is -2.15. The van der Waals surface area contributed by atoms with Gasteiger partial charge in [-0.05, 0) is 42.7 Å². The molecule has 1 aliphatic heterocycles. The Labute approximate surface area is 162 Å². The van der Waals surface area contributed by atoms with Crippen LogP contribution >= 0.6 is 0 Å². The smallest absolute Gasteiger partial charge is 0.326 e. The number of rotatable bonds is 5. The molecule has 2 amide bonds. The van der Waals surface area contributed by atoms with E-state index in [1.807, 2.05) is 24.3 Å². The normalized spacial score (nSPS) is 14.0. The van der Waals surface area contributed by atoms with Gasteiger partial charge < -0.3 is 15.0 Å². The van der Waals surface area contributed by atoms with Crippen molar-refractivity contribution in [1.82, 2.24) is 10.2 Å². The van der Waals surface area contributed by atoms with Crippen molar-refractivity contribution in [1.29, 1.82) is 0 Å². The van der Waals surface area contributed by atoms with E-state index in [9.17, 15) is 18.8 Å². The van der Waals surface area contributed by atoms with E-state index in [4.69, 9.17) is 4.74 Å². The summed E-state index contributed by atoms with van der Waals surface area (Å²) in [4.78, 5) is 38.1. The zero-order valence-electron chi connectivity index (χ0n) is 15.5. The molecule has 0 aromatic heterocycles. The summed E-state index contributed by atoms with van der Waals surface area (Å²) in [6.45, 7) is 2.15. The molecular weight excluding hydrogens is 363 g/mol. The molecule has 1 N–H and O–H groups in total. The first-order valence-electron chi connectivity index (χ1n) is 9.03. The third kappa shape index (κ3) is 4.73. The van der Waals surface area contributed by atoms with Gasteiger partial charge >= 0.3 is 5.97 Å². The summed E-state index contributed by atoms with van der Waals surface area (Å²) in [5, 5.41) is 2.36. The molecule has 0 unspecified atom stereocenters. The third-order valence-corrected chi connectivity index (χ3v) is 4.58. The van der Waals surface area contributed by atoms with Gasteiger partial charge in [-0.3, -0.25) is 14.4 Å². The number of carbonyl (C=O) groups is 3. The maximum Gasteiger partial charge on any atom is 0.326 e. The van der Waals surface area contributed by atoms with Crippen molar-refractivity contribution in [3.05, 3.63) is 71.0 Å². The molecule has 3 rings (SSSR count). The van der Waals surface area contributed by atoms with E-state index in [-0.39, 0.29) is 11.5 Å². The zero-order chi connectivity index (χ0) is 20.1. The average molecular weight is 384 g/mol. The zero-order valence-corrected chi connectivity index (χ0v) is 15.5. The average Bonchev–Trinajstić information content (AvgIpc) is 2.71. The number of hydrogen-bond acceptors (Lipinski definition) is 4. The van der Waals surface area contributed by atoms with Gasteiger partial charge in [0, 0.05) is 18.7 Å². The highest BCUT2D eigenvalue weighted by atomic mass is 19.1. The highest BCUT2D eigenvalue weighted by Gasteiger charge is 2.27. The van der Waals surface area contributed by atoms with Crippen LogP contribution < -0.4 is 5.32 Å². The Morgan fingerprint density at radius 3 is 2.64 bits per heavy atom. The van der Waals surface area contributed by atoms with Gasteiger partial charge in [-0.25, -0.2) is 4.39 Å². The van der Waals surface area contributed by atoms with Gasteiger partial charge in [0.25, 0.3) is 11.8 Å². The van der Waals surface area contributed by atoms with Crippen molar-refractivity contribution in [3.8, 4) is 0 Å². The number of nitrogens with one attached hydrogen (secondary N) is 1. The lowest BCUT2D eigenvalue weighted by molar-refractivity contribution is -0.158. The van der Waals surface area contributed by atoms with Crippen LogP contribution in [0.25, 0.3) is 0 Å². The van der Waals surface area contributed by atoms with Gasteiger partial charge in [0.15, 0.2) is 6.10 Å². The molecule has 0 fully saturated rings. The molecule has 1 aliphatic rings. The van der Waals surface area contributed by atoms with Crippen LogP contribution in [-0.4, -0.2) is 41.9 Å². The molecule has 0 radical (unpaired) electrons. The number of ether oxygens (including phenoxy) is 1. The number of hydrogen-bond donors (Lipinski definition) is 1. The number of amides is 2. The van der Waals surface area contributed by atoms with Crippen LogP contribution in [0, 0.1) is 5.82 Å². The summed E-state index contributed by atoms with van der Waals surface area (Å²) in [6.07, 6.45) is -0.199. The van der Waals surface area contributed by atoms with Gasteiger partial charge in [0.1, 0.15) is 12.4 Å². The van der Waals surface area contributed by atoms with E-state index >= 15 is 0 Å². The fourth-order valence-electron chi connectivity index (χ4n) is 3.11. The number of esters is 1. The van der Waals surface area contributed by atoms with Gasteiger partial charge in [-0.15, -0.1) is 0 Å². The van der Waals surface area contributed by atoms with Crippen LogP contribution in [0.15, 0.2) is 48.5 Å². The Balaban J connectivity index is 1.49. The number of carbonyl (C=O) groups excluding carboxylic acids is 3. The lowest BCUT2D eigenvalue weighted by atomic mass is 9.99. The number of fused-ring (bicyclic) bond motifs is 1. The van der Waals surface area contributed by atoms with E-state index in [1.54, 1.807) is 4.90 Å². The largest absolute Gasteiger partial charge is 0.451 e. The summed E-state index contributed by atoms with van der Waals surface area (Å²) >= 11 is 0. The van der Waals surface area contributed by atoms with E-state index in [2.05, 4.69) is 5.32 Å². The summed E-state index contributed by atoms with van der Waals surface area (Å²) < 4.78 is 18.3. The summed E-state index contributed by atoms with van der Waals surface area (Å²) in [6, 6.07) is 13.0. The molecule has 1 heterocycles. The van der Waals surface area contributed by atoms with E-state index < -0.39 is 30.3 Å². The Kier molecular flexibility index (Phi) is 6.03. The molecule has 7 heteroatoms. The maximum atomic E-state index is 13.1. The quantitative estimate of drug-likeness (QED) is 0.801. The minimum Gasteiger partial charge on any atom is -0.451 e. The second-order valence-corrected chi connectivity index (χ2v) is 6.60. The Hall–Kier alpha value is -3.22. The van der Waals surface area contributed by atoms with Gasteiger partial charge in [-0.1, -0.05) is 30.3 Å². The van der Waals surface area contributed by atoms with Crippen LogP contribution in [-0.2, 0) is 27.3 Å². The molecule has 0 spiro atoms. The Bertz CT molecular complexity index is 899. The Morgan fingerprint density at radius 2 is 1.89 bits per heavy atom. The predicted molar refractivity (Wildman–Crippen MR) is 99.9 cm³/mol. The highest BCUT2D eigenvalue weighted by Crippen LogP contribution is 2.19. The topological polar surface area (TPSA) is 75.7 Å². The van der Waals surface area contributed by atoms with Crippen LogP contribution in [0.4, 0.5) is 4.39 Å². The highest BCUT2D eigenvalue weighted by molar-refractivity contribution is 5.96. The molecule has 2 aromatic rings. The molecule has 2 aromatic carbocycles. The minimum absolute atomic E-state index is 0.101. The van der Waals surface area contributed by atoms with Crippen LogP contribution in [0.5, 0.6) is 0 Å². The first-order chi connectivity index (χ1) is 13.4. The fraction of sp³-hybridized carbons (Fsp3) is 0.286. The predicted octanol–water partition coefficient (Wildman–Crippen LogP) is 2.07. The van der Waals surface area contributed by atoms with Crippen LogP contribution in [0.2, 0.25) is 0 Å². The molecule has 1 atom stereocenters. The molecular formula is C21H21FN2O4. The van der Waals surface area contributed by atoms with Crippen molar-refractivity contribution >= 4 is 17.8 Å². The van der Waals surface area contributed by atoms with Gasteiger partial charge in [-0.2, -0.15) is 0 Å². The maximum absolute atomic E-state index is 13.1. The summed E-state index contributed by atoms with van der Waals surface area (Å²) in [5.41, 5.74) is 2.41. The molecule has 0 bridgehead atoms. The minimum atomic E-state index is -0.955. The lowest BCUT2D eigenvalue weighted by Crippen LogP contribution is -2.43. The third-order valence-electron chi connectivity index (χ3n) is 4.58. The molecule has 0 saturated heterocycles. The molecule has 0 aliphatic carbocycles. The van der Waals surface area contributed by atoms with Crippen molar-refractivity contribution < 1.29 is 23.5 Å². The van der Waals surface area contributed by atoms with Crippen LogP contribution in [0.1, 0.15) is 28.4 Å². The second kappa shape index (κ2) is 8.65. The SMILES string of the molecule is C[C@H](OC(=O)CNC(=O)c1cccc(F)c1)C(=O)N1CCc2ccccc2C1. The van der Waals surface area contributed by atoms with E-state index in [0.29, 0.717) is 13.1 Å². The van der Waals surface area contributed by atoms with E-state index in [1.165, 1.54) is 30.7 Å². The van der Waals surface area contributed by atoms with Gasteiger partial charge in [0.05, 0.1) is 0 Å². The fourth-order valence-corrected chi connectivity index (χ4v) is 3.11. The first-order valence-corrected chi connectivity index (χ1v) is 9.03. The molecule has 28 heavy (non-hydrogen) atoms. The standard InChI is InChI=1S/C21H21FN2O4/c1-14(21(27)24-10-9-15-5-2-3-6-17(15)13-24)28-19(25)12-23-20(26)16-7-4-8-18(22)11-16/h2-8,11,14H,9-10,12-13H2,1H3,(H,23,26)/t14-/m0/s1. The molecule has 6 nitrogen and oxygen atoms in total. The first kappa shape index (κ1) is 19.5.